The number of amides is 2. The van der Waals surface area contributed by atoms with Crippen molar-refractivity contribution in [3.8, 4) is 0 Å². The van der Waals surface area contributed by atoms with Crippen molar-refractivity contribution in [2.75, 3.05) is 10.6 Å². The summed E-state index contributed by atoms with van der Waals surface area (Å²) in [5.74, 6) is 0.0351. The van der Waals surface area contributed by atoms with Crippen LogP contribution in [-0.4, -0.2) is 22.6 Å². The van der Waals surface area contributed by atoms with Crippen LogP contribution in [0.3, 0.4) is 0 Å². The summed E-state index contributed by atoms with van der Waals surface area (Å²) < 4.78 is 5.79. The second-order valence-electron chi connectivity index (χ2n) is 8.12. The van der Waals surface area contributed by atoms with Gasteiger partial charge in [-0.25, -0.2) is 4.98 Å². The first-order valence-corrected chi connectivity index (χ1v) is 10.4. The molecule has 0 saturated carbocycles. The van der Waals surface area contributed by atoms with E-state index in [4.69, 9.17) is 4.42 Å². The quantitative estimate of drug-likeness (QED) is 0.633. The fourth-order valence-corrected chi connectivity index (χ4v) is 4.17. The maximum atomic E-state index is 12.7. The standard InChI is InChI=1S/C22H21N3O4S/c1-12-17-15(26)10-22(2,3)11-16(17)29-18(12)20(28)24-14-6-4-13(5-7-14)19(27)25-21-23-8-9-30-21/h4-9H,10-11H2,1-3H3,(H,24,28)(H,23,25,27). The molecule has 1 aliphatic rings. The van der Waals surface area contributed by atoms with Gasteiger partial charge in [-0.05, 0) is 36.6 Å². The summed E-state index contributed by atoms with van der Waals surface area (Å²) in [6, 6.07) is 6.51. The minimum atomic E-state index is -0.424. The molecule has 2 N–H and O–H groups in total. The molecule has 0 saturated heterocycles. The lowest BCUT2D eigenvalue weighted by atomic mass is 9.76. The van der Waals surface area contributed by atoms with Gasteiger partial charge in [0, 0.05) is 41.2 Å². The largest absolute Gasteiger partial charge is 0.455 e. The second kappa shape index (κ2) is 7.53. The Bertz CT molecular complexity index is 1130. The van der Waals surface area contributed by atoms with Gasteiger partial charge in [0.15, 0.2) is 16.7 Å². The van der Waals surface area contributed by atoms with Crippen LogP contribution >= 0.6 is 11.3 Å². The van der Waals surface area contributed by atoms with Crippen LogP contribution < -0.4 is 10.6 Å². The van der Waals surface area contributed by atoms with Gasteiger partial charge in [0.25, 0.3) is 11.8 Å². The molecule has 0 radical (unpaired) electrons. The van der Waals surface area contributed by atoms with Crippen molar-refractivity contribution in [1.82, 2.24) is 4.98 Å². The van der Waals surface area contributed by atoms with E-state index in [1.54, 1.807) is 42.8 Å². The van der Waals surface area contributed by atoms with E-state index >= 15 is 0 Å². The summed E-state index contributed by atoms with van der Waals surface area (Å²) in [6.45, 7) is 5.76. The predicted octanol–water partition coefficient (Wildman–Crippen LogP) is 4.70. The summed E-state index contributed by atoms with van der Waals surface area (Å²) in [6.07, 6.45) is 2.67. The molecule has 4 rings (SSSR count). The van der Waals surface area contributed by atoms with Gasteiger partial charge >= 0.3 is 0 Å². The molecule has 3 aromatic rings. The van der Waals surface area contributed by atoms with Gasteiger partial charge in [-0.2, -0.15) is 0 Å². The summed E-state index contributed by atoms with van der Waals surface area (Å²) in [7, 11) is 0. The lowest BCUT2D eigenvalue weighted by molar-refractivity contribution is 0.0898. The number of Topliss-reactive ketones (excluding diaryl/α,β-unsaturated/α-hetero) is 1. The van der Waals surface area contributed by atoms with Crippen molar-refractivity contribution < 1.29 is 18.8 Å². The van der Waals surface area contributed by atoms with Crippen LogP contribution in [0.4, 0.5) is 10.8 Å². The lowest BCUT2D eigenvalue weighted by Gasteiger charge is -2.27. The molecule has 1 aromatic carbocycles. The molecule has 0 spiro atoms. The van der Waals surface area contributed by atoms with E-state index in [2.05, 4.69) is 15.6 Å². The Morgan fingerprint density at radius 2 is 1.83 bits per heavy atom. The van der Waals surface area contributed by atoms with Gasteiger partial charge < -0.3 is 9.73 Å². The minimum absolute atomic E-state index is 0.0112. The van der Waals surface area contributed by atoms with Crippen LogP contribution in [0.15, 0.2) is 40.3 Å². The molecule has 0 unspecified atom stereocenters. The summed E-state index contributed by atoms with van der Waals surface area (Å²) in [5, 5.41) is 7.77. The Balaban J connectivity index is 1.48. The van der Waals surface area contributed by atoms with Crippen LogP contribution in [0.5, 0.6) is 0 Å². The summed E-state index contributed by atoms with van der Waals surface area (Å²) >= 11 is 1.33. The third kappa shape index (κ3) is 3.91. The fraction of sp³-hybridized carbons (Fsp3) is 0.273. The topological polar surface area (TPSA) is 101 Å². The number of fused-ring (bicyclic) bond motifs is 1. The van der Waals surface area contributed by atoms with Gasteiger partial charge in [0.2, 0.25) is 0 Å². The highest BCUT2D eigenvalue weighted by Crippen LogP contribution is 2.38. The van der Waals surface area contributed by atoms with Crippen LogP contribution in [-0.2, 0) is 6.42 Å². The minimum Gasteiger partial charge on any atom is -0.455 e. The van der Waals surface area contributed by atoms with Crippen molar-refractivity contribution in [3.63, 3.8) is 0 Å². The molecule has 0 bridgehead atoms. The second-order valence-corrected chi connectivity index (χ2v) is 9.01. The zero-order valence-corrected chi connectivity index (χ0v) is 17.7. The molecular formula is C22H21N3O4S. The molecule has 0 aliphatic heterocycles. The van der Waals surface area contributed by atoms with Gasteiger partial charge in [-0.15, -0.1) is 11.3 Å². The first-order chi connectivity index (χ1) is 14.2. The Morgan fingerprint density at radius 1 is 1.10 bits per heavy atom. The monoisotopic (exact) mass is 423 g/mol. The van der Waals surface area contributed by atoms with Crippen LogP contribution in [0.1, 0.15) is 62.9 Å². The van der Waals surface area contributed by atoms with E-state index in [0.29, 0.717) is 46.1 Å². The summed E-state index contributed by atoms with van der Waals surface area (Å²) in [4.78, 5) is 41.5. The molecule has 2 aromatic heterocycles. The number of carbonyl (C=O) groups is 3. The molecular weight excluding hydrogens is 402 g/mol. The van der Waals surface area contributed by atoms with Gasteiger partial charge in [0.05, 0.1) is 5.56 Å². The molecule has 8 heteroatoms. The average molecular weight is 423 g/mol. The average Bonchev–Trinajstić information content (AvgIpc) is 3.29. The Labute approximate surface area is 177 Å². The van der Waals surface area contributed by atoms with Crippen molar-refractivity contribution in [3.05, 3.63) is 64.1 Å². The maximum Gasteiger partial charge on any atom is 0.291 e. The van der Waals surface area contributed by atoms with E-state index in [1.165, 1.54) is 11.3 Å². The lowest BCUT2D eigenvalue weighted by Crippen LogP contribution is -2.26. The van der Waals surface area contributed by atoms with Crippen LogP contribution in [0, 0.1) is 12.3 Å². The molecule has 2 heterocycles. The Kier molecular flexibility index (Phi) is 5.03. The number of hydrogen-bond acceptors (Lipinski definition) is 6. The molecule has 2 amide bonds. The first kappa shape index (κ1) is 20.0. The number of aromatic nitrogens is 1. The molecule has 1 aliphatic carbocycles. The van der Waals surface area contributed by atoms with E-state index < -0.39 is 5.91 Å². The number of nitrogens with one attached hydrogen (secondary N) is 2. The van der Waals surface area contributed by atoms with Crippen molar-refractivity contribution in [2.45, 2.75) is 33.6 Å². The van der Waals surface area contributed by atoms with E-state index in [-0.39, 0.29) is 22.9 Å². The molecule has 0 fully saturated rings. The number of furan rings is 1. The van der Waals surface area contributed by atoms with E-state index in [0.717, 1.165) is 0 Å². The summed E-state index contributed by atoms with van der Waals surface area (Å²) in [5.41, 5.74) is 1.89. The van der Waals surface area contributed by atoms with Gasteiger partial charge in [0.1, 0.15) is 5.76 Å². The predicted molar refractivity (Wildman–Crippen MR) is 114 cm³/mol. The number of nitrogens with zero attached hydrogens (tertiary/aromatic N) is 1. The van der Waals surface area contributed by atoms with Crippen molar-refractivity contribution in [2.24, 2.45) is 5.41 Å². The number of anilines is 2. The van der Waals surface area contributed by atoms with Crippen LogP contribution in [0.25, 0.3) is 0 Å². The number of rotatable bonds is 4. The smallest absolute Gasteiger partial charge is 0.291 e. The number of hydrogen-bond donors (Lipinski definition) is 2. The maximum absolute atomic E-state index is 12.7. The normalized spacial score (nSPS) is 14.8. The highest BCUT2D eigenvalue weighted by atomic mass is 32.1. The zero-order valence-electron chi connectivity index (χ0n) is 16.9. The first-order valence-electron chi connectivity index (χ1n) is 9.51. The molecule has 7 nitrogen and oxygen atoms in total. The highest BCUT2D eigenvalue weighted by Gasteiger charge is 2.37. The number of thiazole rings is 1. The Morgan fingerprint density at radius 3 is 2.50 bits per heavy atom. The van der Waals surface area contributed by atoms with Gasteiger partial charge in [-0.1, -0.05) is 13.8 Å². The fourth-order valence-electron chi connectivity index (χ4n) is 3.65. The van der Waals surface area contributed by atoms with E-state index in [1.807, 2.05) is 13.8 Å². The third-order valence-corrected chi connectivity index (χ3v) is 5.73. The zero-order chi connectivity index (χ0) is 21.5. The number of benzene rings is 1. The van der Waals surface area contributed by atoms with Crippen molar-refractivity contribution >= 4 is 39.8 Å². The van der Waals surface area contributed by atoms with Gasteiger partial charge in [-0.3, -0.25) is 19.7 Å². The molecule has 30 heavy (non-hydrogen) atoms. The third-order valence-electron chi connectivity index (χ3n) is 5.04. The SMILES string of the molecule is Cc1c(C(=O)Nc2ccc(C(=O)Nc3nccs3)cc2)oc2c1C(=O)CC(C)(C)C2. The Hall–Kier alpha value is -3.26. The molecule has 154 valence electrons. The highest BCUT2D eigenvalue weighted by molar-refractivity contribution is 7.13. The molecule has 0 atom stereocenters. The number of ketones is 1. The van der Waals surface area contributed by atoms with E-state index in [9.17, 15) is 14.4 Å². The number of carbonyl (C=O) groups excluding carboxylic acids is 3. The van der Waals surface area contributed by atoms with Crippen LogP contribution in [0.2, 0.25) is 0 Å². The van der Waals surface area contributed by atoms with Crippen molar-refractivity contribution in [1.29, 1.82) is 0 Å².